The Bertz CT molecular complexity index is 1970. The molecule has 0 fully saturated rings. The van der Waals surface area contributed by atoms with Crippen LogP contribution in [0.25, 0.3) is 0 Å². The second kappa shape index (κ2) is 73.8. The molecule has 0 aliphatic carbocycles. The molecule has 0 spiro atoms. The molecule has 0 aromatic rings. The van der Waals surface area contributed by atoms with Crippen LogP contribution >= 0.6 is 15.6 Å². The fourth-order valence-electron chi connectivity index (χ4n) is 11.9. The first-order chi connectivity index (χ1) is 48.2. The van der Waals surface area contributed by atoms with Crippen LogP contribution in [-0.2, 0) is 65.4 Å². The van der Waals surface area contributed by atoms with Gasteiger partial charge in [-0.3, -0.25) is 37.3 Å². The van der Waals surface area contributed by atoms with E-state index in [9.17, 15) is 43.2 Å². The Morgan fingerprint density at radius 1 is 0.283 bits per heavy atom. The highest BCUT2D eigenvalue weighted by molar-refractivity contribution is 7.47. The third-order valence-electron chi connectivity index (χ3n) is 18.2. The molecule has 99 heavy (non-hydrogen) atoms. The van der Waals surface area contributed by atoms with E-state index in [-0.39, 0.29) is 25.7 Å². The Morgan fingerprint density at radius 3 is 0.737 bits per heavy atom. The van der Waals surface area contributed by atoms with Crippen LogP contribution in [0.3, 0.4) is 0 Å². The van der Waals surface area contributed by atoms with Gasteiger partial charge in [-0.15, -0.1) is 0 Å². The summed E-state index contributed by atoms with van der Waals surface area (Å²) in [5.74, 6) is -2.13. The quantitative estimate of drug-likeness (QED) is 0.0169. The zero-order valence-electron chi connectivity index (χ0n) is 64.0. The van der Waals surface area contributed by atoms with Crippen molar-refractivity contribution in [3.63, 3.8) is 0 Å². The SMILES string of the molecule is CCCCCC/C=C\C=C/CCCCCCCC(=O)OC[C@H](COP(=O)(O)OC[C@@H](O)COP(=O)(O)OC[C@@H](COC(=O)CCCCCCCCCCCCCC)OC(=O)CCCCCCCCCCCCCCCC)OC(=O)CCCCCCCCCCCCCCCCCCCC. The van der Waals surface area contributed by atoms with E-state index in [4.69, 9.17) is 37.0 Å². The lowest BCUT2D eigenvalue weighted by Crippen LogP contribution is -2.30. The van der Waals surface area contributed by atoms with Gasteiger partial charge in [-0.25, -0.2) is 9.13 Å². The molecule has 3 N–H and O–H groups in total. The van der Waals surface area contributed by atoms with Crippen LogP contribution in [0.5, 0.6) is 0 Å². The maximum atomic E-state index is 13.1. The maximum absolute atomic E-state index is 13.1. The highest BCUT2D eigenvalue weighted by atomic mass is 31.2. The molecule has 0 saturated carbocycles. The Hall–Kier alpha value is -2.46. The number of aliphatic hydroxyl groups is 1. The highest BCUT2D eigenvalue weighted by Crippen LogP contribution is 2.45. The predicted molar refractivity (Wildman–Crippen MR) is 405 cm³/mol. The number of phosphoric ester groups is 2. The molecule has 0 amide bonds. The van der Waals surface area contributed by atoms with Gasteiger partial charge in [-0.05, 0) is 51.4 Å². The standard InChI is InChI=1S/C80H152O17P2/c1-5-9-13-17-21-25-29-33-36-37-38-40-43-47-51-55-59-63-67-80(85)97-76(71-91-78(83)65-61-57-53-49-45-42-39-34-30-26-22-18-14-10-6-2)73-95-99(88,89)93-69-74(81)68-92-98(86,87)94-72-75(70-90-77(82)64-60-56-52-48-44-32-28-24-20-16-12-8-4)96-79(84)66-62-58-54-50-46-41-35-31-27-23-19-15-11-7-3/h26,30,34,39,74-76,81H,5-25,27-29,31-33,35-38,40-73H2,1-4H3,(H,86,87)(H,88,89)/b30-26-,39-34-/t74-,75+,76+/m0/s1. The Kier molecular flexibility index (Phi) is 72.0. The molecule has 0 radical (unpaired) electrons. The molecular weight excluding hydrogens is 1290 g/mol. The van der Waals surface area contributed by atoms with Crippen molar-refractivity contribution in [2.24, 2.45) is 0 Å². The number of allylic oxidation sites excluding steroid dienone is 4. The van der Waals surface area contributed by atoms with E-state index < -0.39 is 97.5 Å². The first-order valence-electron chi connectivity index (χ1n) is 41.1. The monoisotopic (exact) mass is 1450 g/mol. The molecule has 0 saturated heterocycles. The van der Waals surface area contributed by atoms with E-state index in [1.54, 1.807) is 0 Å². The number of carbonyl (C=O) groups excluding carboxylic acids is 4. The van der Waals surface area contributed by atoms with Crippen LogP contribution in [0.1, 0.15) is 407 Å². The minimum atomic E-state index is -4.97. The molecule has 0 bridgehead atoms. The lowest BCUT2D eigenvalue weighted by Gasteiger charge is -2.21. The van der Waals surface area contributed by atoms with Crippen molar-refractivity contribution in [1.82, 2.24) is 0 Å². The summed E-state index contributed by atoms with van der Waals surface area (Å²) in [7, 11) is -9.93. The molecule has 2 unspecified atom stereocenters. The first kappa shape index (κ1) is 96.5. The summed E-state index contributed by atoms with van der Waals surface area (Å²) in [5.41, 5.74) is 0. The summed E-state index contributed by atoms with van der Waals surface area (Å²) >= 11 is 0. The van der Waals surface area contributed by atoms with Crippen LogP contribution in [0.15, 0.2) is 24.3 Å². The molecule has 5 atom stereocenters. The van der Waals surface area contributed by atoms with Gasteiger partial charge in [0.25, 0.3) is 0 Å². The fraction of sp³-hybridized carbons (Fsp3) is 0.900. The van der Waals surface area contributed by atoms with Gasteiger partial charge in [0.1, 0.15) is 19.3 Å². The molecular formula is C80H152O17P2. The lowest BCUT2D eigenvalue weighted by atomic mass is 10.0. The lowest BCUT2D eigenvalue weighted by molar-refractivity contribution is -0.161. The van der Waals surface area contributed by atoms with Crippen LogP contribution in [0, 0.1) is 0 Å². The van der Waals surface area contributed by atoms with Crippen molar-refractivity contribution in [2.75, 3.05) is 39.6 Å². The smallest absolute Gasteiger partial charge is 0.462 e. The number of carbonyl (C=O) groups is 4. The number of unbranched alkanes of at least 4 members (excludes halogenated alkanes) is 50. The van der Waals surface area contributed by atoms with Gasteiger partial charge in [-0.2, -0.15) is 0 Å². The van der Waals surface area contributed by atoms with Crippen LogP contribution in [0.2, 0.25) is 0 Å². The van der Waals surface area contributed by atoms with Crippen molar-refractivity contribution in [3.8, 4) is 0 Å². The second-order valence-electron chi connectivity index (χ2n) is 28.1. The van der Waals surface area contributed by atoms with Gasteiger partial charge in [-0.1, -0.05) is 354 Å². The van der Waals surface area contributed by atoms with Crippen molar-refractivity contribution in [3.05, 3.63) is 24.3 Å². The normalized spacial score (nSPS) is 14.0. The molecule has 584 valence electrons. The number of aliphatic hydroxyl groups excluding tert-OH is 1. The second-order valence-corrected chi connectivity index (χ2v) is 31.0. The van der Waals surface area contributed by atoms with Crippen LogP contribution in [-0.4, -0.2) is 96.7 Å². The Labute approximate surface area is 605 Å². The zero-order chi connectivity index (χ0) is 72.5. The van der Waals surface area contributed by atoms with E-state index in [2.05, 4.69) is 52.0 Å². The summed E-state index contributed by atoms with van der Waals surface area (Å²) < 4.78 is 68.7. The summed E-state index contributed by atoms with van der Waals surface area (Å²) in [6, 6.07) is 0. The largest absolute Gasteiger partial charge is 0.472 e. The summed E-state index contributed by atoms with van der Waals surface area (Å²) in [4.78, 5) is 73.0. The van der Waals surface area contributed by atoms with Gasteiger partial charge >= 0.3 is 39.5 Å². The number of ether oxygens (including phenoxy) is 4. The fourth-order valence-corrected chi connectivity index (χ4v) is 13.5. The van der Waals surface area contributed by atoms with Crippen LogP contribution < -0.4 is 0 Å². The average molecular weight is 1450 g/mol. The van der Waals surface area contributed by atoms with Crippen LogP contribution in [0.4, 0.5) is 0 Å². The minimum Gasteiger partial charge on any atom is -0.462 e. The van der Waals surface area contributed by atoms with E-state index >= 15 is 0 Å². The highest BCUT2D eigenvalue weighted by Gasteiger charge is 2.30. The van der Waals surface area contributed by atoms with Crippen molar-refractivity contribution in [1.29, 1.82) is 0 Å². The first-order valence-corrected chi connectivity index (χ1v) is 44.1. The van der Waals surface area contributed by atoms with E-state index in [1.165, 1.54) is 218 Å². The van der Waals surface area contributed by atoms with Crippen molar-refractivity contribution in [2.45, 2.75) is 425 Å². The number of phosphoric acid groups is 2. The number of esters is 4. The van der Waals surface area contributed by atoms with Gasteiger partial charge < -0.3 is 33.8 Å². The summed E-state index contributed by atoms with van der Waals surface area (Å²) in [5, 5.41) is 10.6. The molecule has 0 heterocycles. The molecule has 0 aliphatic heterocycles. The van der Waals surface area contributed by atoms with E-state index in [0.29, 0.717) is 25.7 Å². The van der Waals surface area contributed by atoms with Gasteiger partial charge in [0, 0.05) is 25.7 Å². The zero-order valence-corrected chi connectivity index (χ0v) is 65.7. The van der Waals surface area contributed by atoms with Crippen molar-refractivity contribution >= 4 is 39.5 Å². The molecule has 0 aromatic heterocycles. The summed E-state index contributed by atoms with van der Waals surface area (Å²) in [6.45, 7) is 4.96. The molecule has 0 aromatic carbocycles. The molecule has 0 rings (SSSR count). The topological polar surface area (TPSA) is 237 Å². The van der Waals surface area contributed by atoms with E-state index in [0.717, 1.165) is 109 Å². The third kappa shape index (κ3) is 73.6. The van der Waals surface area contributed by atoms with Gasteiger partial charge in [0.05, 0.1) is 26.4 Å². The van der Waals surface area contributed by atoms with Gasteiger partial charge in [0.15, 0.2) is 12.2 Å². The van der Waals surface area contributed by atoms with Crippen molar-refractivity contribution < 1.29 is 80.2 Å². The number of rotatable bonds is 79. The third-order valence-corrected chi connectivity index (χ3v) is 20.1. The van der Waals surface area contributed by atoms with Gasteiger partial charge in [0.2, 0.25) is 0 Å². The summed E-state index contributed by atoms with van der Waals surface area (Å²) in [6.07, 6.45) is 68.6. The number of hydrogen-bond donors (Lipinski definition) is 3. The number of hydrogen-bond acceptors (Lipinski definition) is 15. The molecule has 0 aliphatic rings. The molecule has 17 nitrogen and oxygen atoms in total. The average Bonchev–Trinajstić information content (AvgIpc) is 1.01. The Balaban J connectivity index is 5.29. The predicted octanol–water partition coefficient (Wildman–Crippen LogP) is 23.7. The van der Waals surface area contributed by atoms with E-state index in [1.807, 2.05) is 0 Å². The minimum absolute atomic E-state index is 0.102. The Morgan fingerprint density at radius 2 is 0.485 bits per heavy atom. The maximum Gasteiger partial charge on any atom is 0.472 e. The molecule has 19 heteroatoms.